The molecule has 2 aromatic heterocycles. The number of methoxy groups -OCH3 is 2. The minimum absolute atomic E-state index is 0.0725. The third-order valence-electron chi connectivity index (χ3n) is 4.75. The Morgan fingerprint density at radius 3 is 2.45 bits per heavy atom. The number of anilines is 1. The summed E-state index contributed by atoms with van der Waals surface area (Å²) < 4.78 is 19.7. The maximum Gasteiger partial charge on any atom is 0.276 e. The lowest BCUT2D eigenvalue weighted by Gasteiger charge is -2.13. The number of ether oxygens (including phenoxy) is 3. The molecule has 0 spiro atoms. The third-order valence-corrected chi connectivity index (χ3v) is 5.00. The number of rotatable bonds is 9. The number of carbonyl (C=O) groups excluding carboxylic acids is 1. The topological polar surface area (TPSA) is 92.4 Å². The Labute approximate surface area is 195 Å². The number of carbonyl (C=O) groups is 1. The summed E-state index contributed by atoms with van der Waals surface area (Å²) in [6.45, 7) is 0.633. The summed E-state index contributed by atoms with van der Waals surface area (Å²) >= 11 is 5.92. The summed E-state index contributed by atoms with van der Waals surface area (Å²) in [5.41, 5.74) is 1.86. The fourth-order valence-corrected chi connectivity index (χ4v) is 3.26. The number of benzene rings is 2. The van der Waals surface area contributed by atoms with Crippen molar-refractivity contribution in [2.75, 3.05) is 19.5 Å². The van der Waals surface area contributed by atoms with Gasteiger partial charge in [0.15, 0.2) is 23.9 Å². The third kappa shape index (κ3) is 5.45. The molecule has 0 aliphatic carbocycles. The molecule has 0 bridgehead atoms. The van der Waals surface area contributed by atoms with Crippen molar-refractivity contribution in [3.05, 3.63) is 83.4 Å². The standard InChI is InChI=1S/C23H22ClN5O4/c1-31-20-4-3-5-21(32-2)22(20)33-15-28-11-10-19(27-28)23(30)26-18-12-25-29(14-18)13-16-6-8-17(24)9-7-16/h3-12,14H,13,15H2,1-2H3,(H,26,30). The molecule has 10 heteroatoms. The van der Waals surface area contributed by atoms with Gasteiger partial charge in [-0.3, -0.25) is 9.48 Å². The van der Waals surface area contributed by atoms with Crippen LogP contribution in [0.25, 0.3) is 0 Å². The van der Waals surface area contributed by atoms with Crippen molar-refractivity contribution in [1.82, 2.24) is 19.6 Å². The second-order valence-electron chi connectivity index (χ2n) is 7.01. The van der Waals surface area contributed by atoms with Gasteiger partial charge in [0.25, 0.3) is 5.91 Å². The van der Waals surface area contributed by atoms with Gasteiger partial charge in [0.2, 0.25) is 5.75 Å². The first-order valence-electron chi connectivity index (χ1n) is 10.0. The molecule has 2 aromatic carbocycles. The zero-order chi connectivity index (χ0) is 23.2. The van der Waals surface area contributed by atoms with E-state index in [1.165, 1.54) is 4.68 Å². The SMILES string of the molecule is COc1cccc(OC)c1OCn1ccc(C(=O)Nc2cnn(Cc3ccc(Cl)cc3)c2)n1. The Morgan fingerprint density at radius 2 is 1.76 bits per heavy atom. The van der Waals surface area contributed by atoms with Crippen LogP contribution in [0, 0.1) is 0 Å². The summed E-state index contributed by atoms with van der Waals surface area (Å²) in [7, 11) is 3.10. The Kier molecular flexibility index (Phi) is 6.80. The highest BCUT2D eigenvalue weighted by molar-refractivity contribution is 6.30. The van der Waals surface area contributed by atoms with Crippen LogP contribution in [0.15, 0.2) is 67.1 Å². The van der Waals surface area contributed by atoms with Gasteiger partial charge in [0.05, 0.1) is 32.6 Å². The molecule has 0 radical (unpaired) electrons. The van der Waals surface area contributed by atoms with Crippen molar-refractivity contribution in [3.8, 4) is 17.2 Å². The molecular formula is C23H22ClN5O4. The molecule has 0 saturated heterocycles. The highest BCUT2D eigenvalue weighted by Gasteiger charge is 2.14. The molecule has 1 N–H and O–H groups in total. The summed E-state index contributed by atoms with van der Waals surface area (Å²) in [6, 6.07) is 14.5. The van der Waals surface area contributed by atoms with Crippen LogP contribution in [-0.4, -0.2) is 39.7 Å². The monoisotopic (exact) mass is 467 g/mol. The lowest BCUT2D eigenvalue weighted by Crippen LogP contribution is -2.14. The molecule has 0 unspecified atom stereocenters. The Balaban J connectivity index is 1.36. The molecule has 4 rings (SSSR count). The quantitative estimate of drug-likeness (QED) is 0.398. The van der Waals surface area contributed by atoms with Crippen molar-refractivity contribution in [2.24, 2.45) is 0 Å². The number of nitrogens with zero attached hydrogens (tertiary/aromatic N) is 4. The highest BCUT2D eigenvalue weighted by Crippen LogP contribution is 2.36. The molecule has 9 nitrogen and oxygen atoms in total. The molecule has 0 aliphatic heterocycles. The number of hydrogen-bond donors (Lipinski definition) is 1. The predicted molar refractivity (Wildman–Crippen MR) is 123 cm³/mol. The molecule has 0 aliphatic rings. The zero-order valence-electron chi connectivity index (χ0n) is 18.1. The molecule has 0 saturated carbocycles. The second kappa shape index (κ2) is 10.1. The first kappa shape index (κ1) is 22.2. The normalized spacial score (nSPS) is 10.6. The van der Waals surface area contributed by atoms with Gasteiger partial charge < -0.3 is 19.5 Å². The average Bonchev–Trinajstić information content (AvgIpc) is 3.48. The summed E-state index contributed by atoms with van der Waals surface area (Å²) in [6.07, 6.45) is 4.99. The largest absolute Gasteiger partial charge is 0.493 e. The first-order valence-corrected chi connectivity index (χ1v) is 10.4. The van der Waals surface area contributed by atoms with Crippen molar-refractivity contribution >= 4 is 23.2 Å². The van der Waals surface area contributed by atoms with Gasteiger partial charge in [-0.1, -0.05) is 29.8 Å². The number of amides is 1. The van der Waals surface area contributed by atoms with E-state index in [1.807, 2.05) is 24.3 Å². The van der Waals surface area contributed by atoms with Gasteiger partial charge in [-0.2, -0.15) is 10.2 Å². The molecule has 1 amide bonds. The van der Waals surface area contributed by atoms with Gasteiger partial charge in [-0.25, -0.2) is 4.68 Å². The van der Waals surface area contributed by atoms with Gasteiger partial charge >= 0.3 is 0 Å². The minimum atomic E-state index is -0.352. The Morgan fingerprint density at radius 1 is 1.03 bits per heavy atom. The van der Waals surface area contributed by atoms with Gasteiger partial charge in [0.1, 0.15) is 0 Å². The van der Waals surface area contributed by atoms with Gasteiger partial charge in [-0.05, 0) is 35.9 Å². The number of para-hydroxylation sites is 1. The average molecular weight is 468 g/mol. The predicted octanol–water partition coefficient (Wildman–Crippen LogP) is 4.09. The van der Waals surface area contributed by atoms with E-state index in [1.54, 1.807) is 61.8 Å². The maximum atomic E-state index is 12.6. The van der Waals surface area contributed by atoms with Crippen molar-refractivity contribution in [3.63, 3.8) is 0 Å². The molecule has 0 atom stereocenters. The fourth-order valence-electron chi connectivity index (χ4n) is 3.13. The van der Waals surface area contributed by atoms with Crippen molar-refractivity contribution in [1.29, 1.82) is 0 Å². The first-order chi connectivity index (χ1) is 16.1. The molecule has 2 heterocycles. The maximum absolute atomic E-state index is 12.6. The van der Waals surface area contributed by atoms with Crippen LogP contribution in [0.3, 0.4) is 0 Å². The van der Waals surface area contributed by atoms with E-state index in [2.05, 4.69) is 15.5 Å². The van der Waals surface area contributed by atoms with E-state index in [4.69, 9.17) is 25.8 Å². The van der Waals surface area contributed by atoms with E-state index in [0.717, 1.165) is 5.56 Å². The number of nitrogens with one attached hydrogen (secondary N) is 1. The Bertz CT molecular complexity index is 1210. The van der Waals surface area contributed by atoms with Crippen LogP contribution in [-0.2, 0) is 13.3 Å². The molecule has 0 fully saturated rings. The summed E-state index contributed by atoms with van der Waals surface area (Å²) in [5.74, 6) is 1.18. The van der Waals surface area contributed by atoms with Gasteiger partial charge in [-0.15, -0.1) is 0 Å². The van der Waals surface area contributed by atoms with E-state index < -0.39 is 0 Å². The summed E-state index contributed by atoms with van der Waals surface area (Å²) in [5, 5.41) is 12.0. The van der Waals surface area contributed by atoms with Crippen LogP contribution >= 0.6 is 11.6 Å². The van der Waals surface area contributed by atoms with Crippen LogP contribution in [0.4, 0.5) is 5.69 Å². The van der Waals surface area contributed by atoms with Crippen LogP contribution in [0.1, 0.15) is 16.1 Å². The number of hydrogen-bond acceptors (Lipinski definition) is 6. The number of halogens is 1. The van der Waals surface area contributed by atoms with E-state index in [0.29, 0.717) is 34.5 Å². The van der Waals surface area contributed by atoms with Gasteiger partial charge in [0, 0.05) is 17.4 Å². The molecule has 170 valence electrons. The molecular weight excluding hydrogens is 446 g/mol. The fraction of sp³-hybridized carbons (Fsp3) is 0.174. The van der Waals surface area contributed by atoms with Crippen LogP contribution < -0.4 is 19.5 Å². The zero-order valence-corrected chi connectivity index (χ0v) is 18.8. The van der Waals surface area contributed by atoms with Crippen LogP contribution in [0.5, 0.6) is 17.2 Å². The lowest BCUT2D eigenvalue weighted by molar-refractivity contribution is 0.102. The van der Waals surface area contributed by atoms with Crippen LogP contribution in [0.2, 0.25) is 5.02 Å². The highest BCUT2D eigenvalue weighted by atomic mass is 35.5. The second-order valence-corrected chi connectivity index (χ2v) is 7.45. The van der Waals surface area contributed by atoms with E-state index in [-0.39, 0.29) is 18.3 Å². The van der Waals surface area contributed by atoms with E-state index >= 15 is 0 Å². The van der Waals surface area contributed by atoms with Crippen molar-refractivity contribution in [2.45, 2.75) is 13.3 Å². The lowest BCUT2D eigenvalue weighted by atomic mass is 10.2. The summed E-state index contributed by atoms with van der Waals surface area (Å²) in [4.78, 5) is 12.6. The Hall–Kier alpha value is -3.98. The molecule has 33 heavy (non-hydrogen) atoms. The van der Waals surface area contributed by atoms with Crippen molar-refractivity contribution < 1.29 is 19.0 Å². The van der Waals surface area contributed by atoms with E-state index in [9.17, 15) is 4.79 Å². The number of aromatic nitrogens is 4. The molecule has 4 aromatic rings. The minimum Gasteiger partial charge on any atom is -0.493 e. The smallest absolute Gasteiger partial charge is 0.276 e.